The summed E-state index contributed by atoms with van der Waals surface area (Å²) in [5.74, 6) is -0.707. The number of aromatic nitrogens is 2. The Labute approximate surface area is 194 Å². The number of carboxylic acids is 1. The van der Waals surface area contributed by atoms with Crippen molar-refractivity contribution in [2.24, 2.45) is 0 Å². The van der Waals surface area contributed by atoms with Crippen molar-refractivity contribution >= 4 is 46.1 Å². The van der Waals surface area contributed by atoms with Gasteiger partial charge in [-0.2, -0.15) is 0 Å². The number of carboxylic acid groups (broad SMARTS) is 1. The maximum Gasteiger partial charge on any atom is 0.329 e. The number of amides is 1. The van der Waals surface area contributed by atoms with Crippen LogP contribution in [0.15, 0.2) is 42.5 Å². The molecule has 168 valence electrons. The topological polar surface area (TPSA) is 108 Å². The average molecular weight is 477 g/mol. The second-order valence-corrected chi connectivity index (χ2v) is 8.45. The van der Waals surface area contributed by atoms with Crippen LogP contribution in [-0.4, -0.2) is 57.1 Å². The molecule has 1 amide bonds. The Morgan fingerprint density at radius 2 is 2.06 bits per heavy atom. The van der Waals surface area contributed by atoms with E-state index in [-0.39, 0.29) is 12.5 Å². The lowest BCUT2D eigenvalue weighted by Gasteiger charge is -2.27. The molecule has 0 radical (unpaired) electrons. The van der Waals surface area contributed by atoms with E-state index in [4.69, 9.17) is 33.0 Å². The van der Waals surface area contributed by atoms with Crippen LogP contribution < -0.4 is 5.32 Å². The van der Waals surface area contributed by atoms with Crippen molar-refractivity contribution in [3.63, 3.8) is 0 Å². The standard InChI is InChI=1S/C22H22Cl2N4O4/c23-14-6-5-13(15(24)9-14)11-28-8-7-18(32-12-20(29)30)21(28)22(31)25-10-19-26-16-3-1-2-4-17(16)27-19/h1-6,9,18,21H,7-8,10-12H2,(H,25,31)(H,26,27)(H,29,30)/t18-,21-/m0/s1. The van der Waals surface area contributed by atoms with Gasteiger partial charge in [0, 0.05) is 23.1 Å². The third kappa shape index (κ3) is 5.21. The maximum atomic E-state index is 13.2. The Kier molecular flexibility index (Phi) is 6.95. The lowest BCUT2D eigenvalue weighted by molar-refractivity contribution is -0.147. The van der Waals surface area contributed by atoms with E-state index in [0.717, 1.165) is 16.6 Å². The van der Waals surface area contributed by atoms with Crippen molar-refractivity contribution in [1.82, 2.24) is 20.2 Å². The van der Waals surface area contributed by atoms with Crippen LogP contribution in [0.1, 0.15) is 17.8 Å². The van der Waals surface area contributed by atoms with Gasteiger partial charge in [-0.3, -0.25) is 9.69 Å². The molecule has 0 saturated carbocycles. The van der Waals surface area contributed by atoms with Gasteiger partial charge in [0.2, 0.25) is 5.91 Å². The van der Waals surface area contributed by atoms with Crippen LogP contribution in [0, 0.1) is 0 Å². The normalized spacial score (nSPS) is 18.8. The zero-order valence-corrected chi connectivity index (χ0v) is 18.6. The number of H-pyrrole nitrogens is 1. The second-order valence-electron chi connectivity index (χ2n) is 7.60. The molecule has 1 aliphatic heterocycles. The molecule has 32 heavy (non-hydrogen) atoms. The van der Waals surface area contributed by atoms with E-state index >= 15 is 0 Å². The minimum atomic E-state index is -1.08. The fraction of sp³-hybridized carbons (Fsp3) is 0.318. The first-order valence-corrected chi connectivity index (χ1v) is 10.9. The molecule has 0 aliphatic carbocycles. The van der Waals surface area contributed by atoms with Crippen LogP contribution in [0.25, 0.3) is 11.0 Å². The molecular weight excluding hydrogens is 455 g/mol. The lowest BCUT2D eigenvalue weighted by atomic mass is 10.1. The monoisotopic (exact) mass is 476 g/mol. The fourth-order valence-corrected chi connectivity index (χ4v) is 4.39. The van der Waals surface area contributed by atoms with Crippen molar-refractivity contribution < 1.29 is 19.4 Å². The number of nitrogens with one attached hydrogen (secondary N) is 2. The van der Waals surface area contributed by atoms with E-state index in [1.807, 2.05) is 35.2 Å². The van der Waals surface area contributed by atoms with Gasteiger partial charge in [0.25, 0.3) is 0 Å². The molecule has 2 heterocycles. The number of ether oxygens (including phenoxy) is 1. The molecular formula is C22H22Cl2N4O4. The average Bonchev–Trinajstić information content (AvgIpc) is 3.36. The van der Waals surface area contributed by atoms with Crippen LogP contribution >= 0.6 is 23.2 Å². The summed E-state index contributed by atoms with van der Waals surface area (Å²) in [5.41, 5.74) is 2.53. The predicted octanol–water partition coefficient (Wildman–Crippen LogP) is 3.23. The number of likely N-dealkylation sites (tertiary alicyclic amines) is 1. The summed E-state index contributed by atoms with van der Waals surface area (Å²) in [7, 11) is 0. The molecule has 10 heteroatoms. The summed E-state index contributed by atoms with van der Waals surface area (Å²) in [6.07, 6.45) is -0.0193. The summed E-state index contributed by atoms with van der Waals surface area (Å²) in [6.45, 7) is 0.719. The first-order valence-electron chi connectivity index (χ1n) is 10.1. The molecule has 1 saturated heterocycles. The number of hydrogen-bond acceptors (Lipinski definition) is 5. The SMILES string of the molecule is O=C(O)CO[C@H]1CCN(Cc2ccc(Cl)cc2Cl)[C@@H]1C(=O)NCc1nc2ccccc2[nH]1. The van der Waals surface area contributed by atoms with Gasteiger partial charge in [0.15, 0.2) is 0 Å². The maximum absolute atomic E-state index is 13.2. The smallest absolute Gasteiger partial charge is 0.329 e. The number of carbonyl (C=O) groups is 2. The van der Waals surface area contributed by atoms with E-state index in [0.29, 0.717) is 35.4 Å². The third-order valence-corrected chi connectivity index (χ3v) is 5.98. The summed E-state index contributed by atoms with van der Waals surface area (Å²) < 4.78 is 5.54. The molecule has 0 unspecified atom stereocenters. The highest BCUT2D eigenvalue weighted by atomic mass is 35.5. The first kappa shape index (κ1) is 22.5. The van der Waals surface area contributed by atoms with Crippen molar-refractivity contribution in [3.05, 3.63) is 63.9 Å². The van der Waals surface area contributed by atoms with Gasteiger partial charge in [-0.1, -0.05) is 41.4 Å². The van der Waals surface area contributed by atoms with E-state index in [1.165, 1.54) is 0 Å². The zero-order valence-electron chi connectivity index (χ0n) is 17.1. The molecule has 1 fully saturated rings. The highest BCUT2D eigenvalue weighted by Gasteiger charge is 2.40. The highest BCUT2D eigenvalue weighted by molar-refractivity contribution is 6.35. The Morgan fingerprint density at radius 3 is 2.81 bits per heavy atom. The summed E-state index contributed by atoms with van der Waals surface area (Å²) in [5, 5.41) is 12.9. The number of para-hydroxylation sites is 2. The number of halogens is 2. The summed E-state index contributed by atoms with van der Waals surface area (Å²) in [4.78, 5) is 33.7. The molecule has 0 spiro atoms. The van der Waals surface area contributed by atoms with Gasteiger partial charge in [0.05, 0.1) is 23.7 Å². The van der Waals surface area contributed by atoms with Crippen LogP contribution in [0.3, 0.4) is 0 Å². The molecule has 3 N–H and O–H groups in total. The number of imidazole rings is 1. The predicted molar refractivity (Wildman–Crippen MR) is 121 cm³/mol. The molecule has 3 aromatic rings. The number of fused-ring (bicyclic) bond motifs is 1. The molecule has 1 aromatic heterocycles. The van der Waals surface area contributed by atoms with Crippen molar-refractivity contribution in [1.29, 1.82) is 0 Å². The van der Waals surface area contributed by atoms with E-state index in [9.17, 15) is 9.59 Å². The van der Waals surface area contributed by atoms with Crippen LogP contribution in [0.2, 0.25) is 10.0 Å². The molecule has 2 atom stereocenters. The Bertz CT molecular complexity index is 1100. The van der Waals surface area contributed by atoms with Gasteiger partial charge < -0.3 is 20.1 Å². The molecule has 8 nitrogen and oxygen atoms in total. The van der Waals surface area contributed by atoms with Gasteiger partial charge in [-0.25, -0.2) is 9.78 Å². The first-order chi connectivity index (χ1) is 15.4. The quantitative estimate of drug-likeness (QED) is 0.460. The number of aliphatic carboxylic acids is 1. The fourth-order valence-electron chi connectivity index (χ4n) is 3.92. The van der Waals surface area contributed by atoms with Crippen molar-refractivity contribution in [3.8, 4) is 0 Å². The van der Waals surface area contributed by atoms with Crippen molar-refractivity contribution in [2.75, 3.05) is 13.2 Å². The number of nitrogens with zero attached hydrogens (tertiary/aromatic N) is 2. The van der Waals surface area contributed by atoms with Crippen molar-refractivity contribution in [2.45, 2.75) is 31.7 Å². The second kappa shape index (κ2) is 9.87. The third-order valence-electron chi connectivity index (χ3n) is 5.39. The van der Waals surface area contributed by atoms with Gasteiger partial charge in [-0.05, 0) is 36.2 Å². The summed E-state index contributed by atoms with van der Waals surface area (Å²) >= 11 is 12.3. The van der Waals surface area contributed by atoms with Crippen LogP contribution in [0.4, 0.5) is 0 Å². The largest absolute Gasteiger partial charge is 0.480 e. The molecule has 2 aromatic carbocycles. The summed E-state index contributed by atoms with van der Waals surface area (Å²) in [6, 6.07) is 12.2. The molecule has 4 rings (SSSR count). The highest BCUT2D eigenvalue weighted by Crippen LogP contribution is 2.28. The van der Waals surface area contributed by atoms with Gasteiger partial charge in [-0.15, -0.1) is 0 Å². The Hall–Kier alpha value is -2.65. The van der Waals surface area contributed by atoms with Crippen LogP contribution in [0.5, 0.6) is 0 Å². The van der Waals surface area contributed by atoms with E-state index in [2.05, 4.69) is 15.3 Å². The molecule has 1 aliphatic rings. The Morgan fingerprint density at radius 1 is 1.25 bits per heavy atom. The Balaban J connectivity index is 1.48. The number of hydrogen-bond donors (Lipinski definition) is 3. The number of carbonyl (C=O) groups excluding carboxylic acids is 1. The zero-order chi connectivity index (χ0) is 22.7. The van der Waals surface area contributed by atoms with Crippen LogP contribution in [-0.2, 0) is 27.4 Å². The van der Waals surface area contributed by atoms with E-state index in [1.54, 1.807) is 12.1 Å². The molecule has 0 bridgehead atoms. The van der Waals surface area contributed by atoms with E-state index < -0.39 is 24.7 Å². The minimum Gasteiger partial charge on any atom is -0.480 e. The van der Waals surface area contributed by atoms with Gasteiger partial charge in [0.1, 0.15) is 18.5 Å². The van der Waals surface area contributed by atoms with Gasteiger partial charge >= 0.3 is 5.97 Å². The minimum absolute atomic E-state index is 0.213. The lowest BCUT2D eigenvalue weighted by Crippen LogP contribution is -2.48. The number of benzene rings is 2. The number of rotatable bonds is 8. The number of aromatic amines is 1.